The molecule has 0 spiro atoms. The molecule has 1 fully saturated rings. The maximum atomic E-state index is 12.5. The topological polar surface area (TPSA) is 66.8 Å². The molecule has 1 aliphatic rings. The number of amides is 1. The van der Waals surface area contributed by atoms with Gasteiger partial charge in [0.2, 0.25) is 5.91 Å². The van der Waals surface area contributed by atoms with Crippen LogP contribution < -0.4 is 0 Å². The zero-order valence-corrected chi connectivity index (χ0v) is 13.9. The lowest BCUT2D eigenvalue weighted by atomic mass is 9.80. The molecule has 0 saturated carbocycles. The summed E-state index contributed by atoms with van der Waals surface area (Å²) in [6, 6.07) is 8.03. The van der Waals surface area contributed by atoms with E-state index in [4.69, 9.17) is 4.74 Å². The molecule has 5 nitrogen and oxygen atoms in total. The van der Waals surface area contributed by atoms with Gasteiger partial charge in [-0.15, -0.1) is 0 Å². The lowest BCUT2D eigenvalue weighted by molar-refractivity contribution is -0.159. The number of hydrogen-bond donors (Lipinski definition) is 1. The first-order valence-corrected chi connectivity index (χ1v) is 8.03. The van der Waals surface area contributed by atoms with Crippen LogP contribution >= 0.6 is 0 Å². The highest BCUT2D eigenvalue weighted by Crippen LogP contribution is 2.31. The standard InChI is InChI=1S/C18H25NO4/c1-14-6-3-4-7-15(14)8-9-16(20)19-11-5-10-18(12-19,13-23-2)17(21)22/h3-4,6-7H,5,8-13H2,1-2H3,(H,21,22). The van der Waals surface area contributed by atoms with Crippen LogP contribution in [-0.4, -0.2) is 48.7 Å². The number of carbonyl (C=O) groups is 2. The van der Waals surface area contributed by atoms with Crippen molar-refractivity contribution >= 4 is 11.9 Å². The van der Waals surface area contributed by atoms with Gasteiger partial charge >= 0.3 is 5.97 Å². The van der Waals surface area contributed by atoms with Crippen molar-refractivity contribution in [2.24, 2.45) is 5.41 Å². The first-order chi connectivity index (χ1) is 11.0. The normalized spacial score (nSPS) is 21.2. The molecule has 1 aliphatic heterocycles. The van der Waals surface area contributed by atoms with Gasteiger partial charge in [-0.1, -0.05) is 24.3 Å². The van der Waals surface area contributed by atoms with Crippen LogP contribution in [0.5, 0.6) is 0 Å². The Bertz CT molecular complexity index is 568. The van der Waals surface area contributed by atoms with E-state index in [-0.39, 0.29) is 19.1 Å². The number of piperidine rings is 1. The molecule has 23 heavy (non-hydrogen) atoms. The van der Waals surface area contributed by atoms with Crippen molar-refractivity contribution in [2.45, 2.75) is 32.6 Å². The van der Waals surface area contributed by atoms with E-state index in [9.17, 15) is 14.7 Å². The highest BCUT2D eigenvalue weighted by atomic mass is 16.5. The second-order valence-corrected chi connectivity index (χ2v) is 6.36. The highest BCUT2D eigenvalue weighted by molar-refractivity contribution is 5.80. The van der Waals surface area contributed by atoms with Crippen molar-refractivity contribution in [3.8, 4) is 0 Å². The van der Waals surface area contributed by atoms with Gasteiger partial charge in [0.1, 0.15) is 5.41 Å². The summed E-state index contributed by atoms with van der Waals surface area (Å²) in [5.41, 5.74) is 1.38. The number of likely N-dealkylation sites (tertiary alicyclic amines) is 1. The predicted molar refractivity (Wildman–Crippen MR) is 87.3 cm³/mol. The van der Waals surface area contributed by atoms with E-state index >= 15 is 0 Å². The van der Waals surface area contributed by atoms with E-state index in [0.29, 0.717) is 32.2 Å². The molecule has 0 radical (unpaired) electrons. The van der Waals surface area contributed by atoms with Crippen LogP contribution in [0.4, 0.5) is 0 Å². The van der Waals surface area contributed by atoms with Crippen LogP contribution in [0.15, 0.2) is 24.3 Å². The van der Waals surface area contributed by atoms with Gasteiger partial charge < -0.3 is 14.7 Å². The molecule has 1 N–H and O–H groups in total. The number of carbonyl (C=O) groups excluding carboxylic acids is 1. The first-order valence-electron chi connectivity index (χ1n) is 8.03. The van der Waals surface area contributed by atoms with Gasteiger partial charge in [0.05, 0.1) is 6.61 Å². The maximum absolute atomic E-state index is 12.5. The van der Waals surface area contributed by atoms with Gasteiger partial charge in [0.25, 0.3) is 0 Å². The van der Waals surface area contributed by atoms with E-state index in [1.165, 1.54) is 18.2 Å². The molecule has 1 amide bonds. The van der Waals surface area contributed by atoms with Gasteiger partial charge in [-0.3, -0.25) is 9.59 Å². The number of rotatable bonds is 6. The molecule has 0 aromatic heterocycles. The number of methoxy groups -OCH3 is 1. The van der Waals surface area contributed by atoms with Gasteiger partial charge in [-0.05, 0) is 37.3 Å². The Balaban J connectivity index is 1.99. The van der Waals surface area contributed by atoms with Crippen LogP contribution in [0.1, 0.15) is 30.4 Å². The summed E-state index contributed by atoms with van der Waals surface area (Å²) >= 11 is 0. The Morgan fingerprint density at radius 1 is 1.35 bits per heavy atom. The van der Waals surface area contributed by atoms with Crippen molar-refractivity contribution < 1.29 is 19.4 Å². The quantitative estimate of drug-likeness (QED) is 0.873. The average molecular weight is 319 g/mol. The molecule has 5 heteroatoms. The second-order valence-electron chi connectivity index (χ2n) is 6.36. The summed E-state index contributed by atoms with van der Waals surface area (Å²) in [4.78, 5) is 25.8. The molecule has 126 valence electrons. The zero-order valence-electron chi connectivity index (χ0n) is 13.9. The summed E-state index contributed by atoms with van der Waals surface area (Å²) in [7, 11) is 1.50. The van der Waals surface area contributed by atoms with Crippen molar-refractivity contribution in [1.82, 2.24) is 4.90 Å². The lowest BCUT2D eigenvalue weighted by Crippen LogP contribution is -2.52. The Morgan fingerprint density at radius 3 is 2.74 bits per heavy atom. The largest absolute Gasteiger partial charge is 0.481 e. The fraction of sp³-hybridized carbons (Fsp3) is 0.556. The number of aryl methyl sites for hydroxylation is 2. The molecule has 0 bridgehead atoms. The van der Waals surface area contributed by atoms with Gasteiger partial charge in [0.15, 0.2) is 0 Å². The minimum Gasteiger partial charge on any atom is -0.481 e. The van der Waals surface area contributed by atoms with Crippen LogP contribution in [0.25, 0.3) is 0 Å². The molecular formula is C18H25NO4. The van der Waals surface area contributed by atoms with Crippen LogP contribution in [-0.2, 0) is 20.7 Å². The molecular weight excluding hydrogens is 294 g/mol. The fourth-order valence-electron chi connectivity index (χ4n) is 3.27. The van der Waals surface area contributed by atoms with Crippen molar-refractivity contribution in [3.05, 3.63) is 35.4 Å². The monoisotopic (exact) mass is 319 g/mol. The number of carboxylic acid groups (broad SMARTS) is 1. The Hall–Kier alpha value is -1.88. The van der Waals surface area contributed by atoms with Crippen molar-refractivity contribution in [2.75, 3.05) is 26.8 Å². The Kier molecular flexibility index (Phi) is 5.77. The number of hydrogen-bond acceptors (Lipinski definition) is 3. The Morgan fingerprint density at radius 2 is 2.09 bits per heavy atom. The van der Waals surface area contributed by atoms with Gasteiger partial charge in [0, 0.05) is 26.6 Å². The number of benzene rings is 1. The second kappa shape index (κ2) is 7.59. The number of carboxylic acids is 1. The molecule has 1 atom stereocenters. The van der Waals surface area contributed by atoms with Crippen LogP contribution in [0.3, 0.4) is 0 Å². The summed E-state index contributed by atoms with van der Waals surface area (Å²) in [5.74, 6) is -0.856. The molecule has 1 aromatic carbocycles. The summed E-state index contributed by atoms with van der Waals surface area (Å²) < 4.78 is 5.10. The molecule has 1 unspecified atom stereocenters. The van der Waals surface area contributed by atoms with Crippen molar-refractivity contribution in [1.29, 1.82) is 0 Å². The maximum Gasteiger partial charge on any atom is 0.313 e. The third-order valence-corrected chi connectivity index (χ3v) is 4.67. The van der Waals surface area contributed by atoms with E-state index < -0.39 is 11.4 Å². The highest BCUT2D eigenvalue weighted by Gasteiger charge is 2.43. The smallest absolute Gasteiger partial charge is 0.313 e. The molecule has 1 heterocycles. The predicted octanol–water partition coefficient (Wildman–Crippen LogP) is 2.27. The average Bonchev–Trinajstić information content (AvgIpc) is 2.54. The van der Waals surface area contributed by atoms with E-state index in [0.717, 1.165) is 0 Å². The van der Waals surface area contributed by atoms with Crippen LogP contribution in [0.2, 0.25) is 0 Å². The van der Waals surface area contributed by atoms with Crippen LogP contribution in [0, 0.1) is 12.3 Å². The molecule has 1 aromatic rings. The zero-order chi connectivity index (χ0) is 16.9. The van der Waals surface area contributed by atoms with E-state index in [1.807, 2.05) is 31.2 Å². The minimum atomic E-state index is -0.967. The molecule has 2 rings (SSSR count). The fourth-order valence-corrected chi connectivity index (χ4v) is 3.27. The van der Waals surface area contributed by atoms with Crippen molar-refractivity contribution in [3.63, 3.8) is 0 Å². The minimum absolute atomic E-state index is 0.0229. The lowest BCUT2D eigenvalue weighted by Gasteiger charge is -2.39. The third-order valence-electron chi connectivity index (χ3n) is 4.67. The van der Waals surface area contributed by atoms with Gasteiger partial charge in [-0.2, -0.15) is 0 Å². The summed E-state index contributed by atoms with van der Waals surface area (Å²) in [6.07, 6.45) is 2.35. The van der Waals surface area contributed by atoms with E-state index in [1.54, 1.807) is 4.90 Å². The summed E-state index contributed by atoms with van der Waals surface area (Å²) in [6.45, 7) is 3.05. The molecule has 1 saturated heterocycles. The third kappa shape index (κ3) is 4.10. The Labute approximate surface area is 137 Å². The number of nitrogens with zero attached hydrogens (tertiary/aromatic N) is 1. The molecule has 0 aliphatic carbocycles. The summed E-state index contributed by atoms with van der Waals surface area (Å²) in [5, 5.41) is 9.55. The van der Waals surface area contributed by atoms with Gasteiger partial charge in [-0.25, -0.2) is 0 Å². The van der Waals surface area contributed by atoms with E-state index in [2.05, 4.69) is 0 Å². The first kappa shape index (κ1) is 17.5. The number of ether oxygens (including phenoxy) is 1. The number of aliphatic carboxylic acids is 1. The SMILES string of the molecule is COCC1(C(=O)O)CCCN(C(=O)CCc2ccccc2C)C1.